The number of anilines is 3. The number of aliphatic hydroxyl groups excluding tert-OH is 1. The van der Waals surface area contributed by atoms with E-state index >= 15 is 0 Å². The zero-order valence-electron chi connectivity index (χ0n) is 24.7. The van der Waals surface area contributed by atoms with Crippen molar-refractivity contribution in [1.29, 1.82) is 0 Å². The van der Waals surface area contributed by atoms with Crippen molar-refractivity contribution in [1.82, 2.24) is 33.9 Å². The molecule has 1 aliphatic heterocycles. The lowest BCUT2D eigenvalue weighted by Gasteiger charge is -2.27. The first kappa shape index (κ1) is 29.4. The molecule has 0 bridgehead atoms. The standard InChI is InChI=1S/C31H35N9O4S/c41-26-5-3-24(4-6-26)36-28-15-30(33-17-22(28)2-1-21-16-34-39(19-21)25-10-13-44-14-11-25)37-29-9-12-32-31(38-29)23-18-35-40(20-23)45(42,43)27-7-8-27/h9,12,15-20,24-27,41H,3-8,10-11,13-14H2,(H2,32,33,36,37,38). The highest BCUT2D eigenvalue weighted by Gasteiger charge is 2.37. The van der Waals surface area contributed by atoms with E-state index in [0.717, 1.165) is 72.6 Å². The molecule has 0 aromatic carbocycles. The molecule has 0 radical (unpaired) electrons. The van der Waals surface area contributed by atoms with Crippen LogP contribution in [-0.4, -0.2) is 78.1 Å². The topological polar surface area (TPSA) is 162 Å². The van der Waals surface area contributed by atoms with Gasteiger partial charge in [0, 0.05) is 43.9 Å². The zero-order valence-corrected chi connectivity index (χ0v) is 25.5. The lowest BCUT2D eigenvalue weighted by atomic mass is 9.93. The van der Waals surface area contributed by atoms with E-state index in [0.29, 0.717) is 41.9 Å². The Balaban J connectivity index is 1.11. The molecule has 0 spiro atoms. The van der Waals surface area contributed by atoms with Crippen molar-refractivity contribution in [2.75, 3.05) is 23.8 Å². The molecule has 45 heavy (non-hydrogen) atoms. The molecule has 4 aromatic heterocycles. The minimum absolute atomic E-state index is 0.203. The van der Waals surface area contributed by atoms with Gasteiger partial charge >= 0.3 is 0 Å². The second-order valence-corrected chi connectivity index (χ2v) is 13.9. The third-order valence-electron chi connectivity index (χ3n) is 8.40. The van der Waals surface area contributed by atoms with Crippen LogP contribution in [0, 0.1) is 11.8 Å². The van der Waals surface area contributed by atoms with Crippen LogP contribution in [0.1, 0.15) is 68.5 Å². The van der Waals surface area contributed by atoms with Crippen molar-refractivity contribution >= 4 is 27.3 Å². The molecule has 3 aliphatic rings. The van der Waals surface area contributed by atoms with Gasteiger partial charge in [-0.2, -0.15) is 14.3 Å². The fourth-order valence-corrected chi connectivity index (χ4v) is 7.13. The van der Waals surface area contributed by atoms with Crippen LogP contribution in [0.5, 0.6) is 0 Å². The quantitative estimate of drug-likeness (QED) is 0.245. The number of hydrogen-bond acceptors (Lipinski definition) is 11. The molecule has 1 saturated heterocycles. The van der Waals surface area contributed by atoms with E-state index < -0.39 is 10.0 Å². The van der Waals surface area contributed by atoms with Crippen LogP contribution in [0.3, 0.4) is 0 Å². The lowest BCUT2D eigenvalue weighted by molar-refractivity contribution is 0.0662. The Kier molecular flexibility index (Phi) is 8.22. The maximum Gasteiger partial charge on any atom is 0.256 e. The second-order valence-electron chi connectivity index (χ2n) is 11.8. The van der Waals surface area contributed by atoms with Crippen molar-refractivity contribution in [3.05, 3.63) is 60.4 Å². The Labute approximate surface area is 261 Å². The first-order valence-corrected chi connectivity index (χ1v) is 16.9. The SMILES string of the molecule is O=S(=O)(C1CC1)n1cc(-c2nccc(Nc3cc(NC4CCC(O)CC4)c(C#Cc4cnn(C5CCOCC5)c4)cn3)n2)cn1. The summed E-state index contributed by atoms with van der Waals surface area (Å²) in [4.78, 5) is 13.5. The van der Waals surface area contributed by atoms with Gasteiger partial charge in [0.2, 0.25) is 0 Å². The average Bonchev–Trinajstić information content (AvgIpc) is 3.61. The molecule has 2 aliphatic carbocycles. The summed E-state index contributed by atoms with van der Waals surface area (Å²) in [7, 11) is -3.48. The Morgan fingerprint density at radius 1 is 0.911 bits per heavy atom. The maximum absolute atomic E-state index is 12.6. The normalized spacial score (nSPS) is 20.7. The largest absolute Gasteiger partial charge is 0.393 e. The van der Waals surface area contributed by atoms with Gasteiger partial charge in [-0.1, -0.05) is 11.8 Å². The van der Waals surface area contributed by atoms with Crippen molar-refractivity contribution < 1.29 is 18.3 Å². The first-order chi connectivity index (χ1) is 21.9. The van der Waals surface area contributed by atoms with Crippen LogP contribution in [-0.2, 0) is 14.8 Å². The molecule has 4 aromatic rings. The van der Waals surface area contributed by atoms with E-state index in [-0.39, 0.29) is 17.4 Å². The number of aromatic nitrogens is 7. The number of nitrogens with zero attached hydrogens (tertiary/aromatic N) is 7. The molecular weight excluding hydrogens is 594 g/mol. The Morgan fingerprint density at radius 2 is 1.73 bits per heavy atom. The molecule has 3 N–H and O–H groups in total. The minimum Gasteiger partial charge on any atom is -0.393 e. The smallest absolute Gasteiger partial charge is 0.256 e. The third kappa shape index (κ3) is 6.85. The molecule has 234 valence electrons. The van der Waals surface area contributed by atoms with E-state index in [1.165, 1.54) is 12.4 Å². The molecule has 0 amide bonds. The predicted molar refractivity (Wildman–Crippen MR) is 167 cm³/mol. The van der Waals surface area contributed by atoms with E-state index in [2.05, 4.69) is 47.6 Å². The fourth-order valence-electron chi connectivity index (χ4n) is 5.65. The average molecular weight is 630 g/mol. The van der Waals surface area contributed by atoms with Crippen molar-refractivity contribution in [3.8, 4) is 23.2 Å². The molecule has 13 nitrogen and oxygen atoms in total. The van der Waals surface area contributed by atoms with E-state index in [1.54, 1.807) is 24.7 Å². The van der Waals surface area contributed by atoms with E-state index in [9.17, 15) is 13.5 Å². The van der Waals surface area contributed by atoms with Gasteiger partial charge in [0.15, 0.2) is 5.82 Å². The second kappa shape index (κ2) is 12.6. The van der Waals surface area contributed by atoms with Crippen molar-refractivity contribution in [2.45, 2.75) is 74.8 Å². The molecule has 2 saturated carbocycles. The maximum atomic E-state index is 12.6. The van der Waals surface area contributed by atoms with Crippen molar-refractivity contribution in [2.24, 2.45) is 0 Å². The summed E-state index contributed by atoms with van der Waals surface area (Å²) in [6, 6.07) is 4.16. The van der Waals surface area contributed by atoms with Crippen LogP contribution < -0.4 is 10.6 Å². The summed E-state index contributed by atoms with van der Waals surface area (Å²) in [5.74, 6) is 7.93. The van der Waals surface area contributed by atoms with Gasteiger partial charge in [0.05, 0.1) is 58.4 Å². The fraction of sp³-hybridized carbons (Fsp3) is 0.452. The van der Waals surface area contributed by atoms with Gasteiger partial charge in [-0.25, -0.2) is 23.4 Å². The van der Waals surface area contributed by atoms with Gasteiger partial charge in [0.25, 0.3) is 10.0 Å². The molecule has 14 heteroatoms. The summed E-state index contributed by atoms with van der Waals surface area (Å²) in [5, 5.41) is 25.1. The van der Waals surface area contributed by atoms with Crippen LogP contribution in [0.4, 0.5) is 17.3 Å². The zero-order chi connectivity index (χ0) is 30.8. The molecule has 3 fully saturated rings. The monoisotopic (exact) mass is 629 g/mol. The number of pyridine rings is 1. The predicted octanol–water partition coefficient (Wildman–Crippen LogP) is 3.48. The molecule has 7 rings (SSSR count). The number of hydrogen-bond donors (Lipinski definition) is 3. The Morgan fingerprint density at radius 3 is 2.53 bits per heavy atom. The summed E-state index contributed by atoms with van der Waals surface area (Å²) in [5.41, 5.74) is 2.91. The first-order valence-electron chi connectivity index (χ1n) is 15.4. The number of rotatable bonds is 8. The molecule has 5 heterocycles. The van der Waals surface area contributed by atoms with Gasteiger partial charge in [-0.3, -0.25) is 4.68 Å². The Hall–Kier alpha value is -4.32. The summed E-state index contributed by atoms with van der Waals surface area (Å²) in [6.45, 7) is 1.49. The van der Waals surface area contributed by atoms with Gasteiger partial charge < -0.3 is 20.5 Å². The highest BCUT2D eigenvalue weighted by molar-refractivity contribution is 7.90. The van der Waals surface area contributed by atoms with Crippen LogP contribution in [0.2, 0.25) is 0 Å². The van der Waals surface area contributed by atoms with Gasteiger partial charge in [-0.15, -0.1) is 0 Å². The Bertz CT molecular complexity index is 1830. The van der Waals surface area contributed by atoms with Crippen molar-refractivity contribution in [3.63, 3.8) is 0 Å². The van der Waals surface area contributed by atoms with Crippen LogP contribution in [0.25, 0.3) is 11.4 Å². The third-order valence-corrected chi connectivity index (χ3v) is 10.4. The van der Waals surface area contributed by atoms with Crippen LogP contribution in [0.15, 0.2) is 49.3 Å². The van der Waals surface area contributed by atoms with Gasteiger partial charge in [0.1, 0.15) is 11.6 Å². The van der Waals surface area contributed by atoms with E-state index in [1.807, 2.05) is 16.9 Å². The number of nitrogens with one attached hydrogen (secondary N) is 2. The molecule has 0 unspecified atom stereocenters. The van der Waals surface area contributed by atoms with E-state index in [4.69, 9.17) is 4.74 Å². The number of aliphatic hydroxyl groups is 1. The summed E-state index contributed by atoms with van der Waals surface area (Å²) < 4.78 is 33.6. The summed E-state index contributed by atoms with van der Waals surface area (Å²) >= 11 is 0. The highest BCUT2D eigenvalue weighted by atomic mass is 32.2. The summed E-state index contributed by atoms with van der Waals surface area (Å²) in [6.07, 6.45) is 16.2. The lowest BCUT2D eigenvalue weighted by Crippen LogP contribution is -2.28. The number of ether oxygens (including phenoxy) is 1. The van der Waals surface area contributed by atoms with Crippen LogP contribution >= 0.6 is 0 Å². The molecular formula is C31H35N9O4S. The highest BCUT2D eigenvalue weighted by Crippen LogP contribution is 2.31. The van der Waals surface area contributed by atoms with Gasteiger partial charge in [-0.05, 0) is 57.4 Å². The molecule has 0 atom stereocenters. The minimum atomic E-state index is -3.48.